The first-order chi connectivity index (χ1) is 6.38. The Balaban J connectivity index is 3.54. The first kappa shape index (κ1) is 14.0. The third-order valence-electron chi connectivity index (χ3n) is 3.59. The van der Waals surface area contributed by atoms with E-state index in [1.165, 1.54) is 32.1 Å². The Morgan fingerprint density at radius 3 is 1.93 bits per heavy atom. The largest absolute Gasteiger partial charge is 0.0654 e. The summed E-state index contributed by atoms with van der Waals surface area (Å²) in [6.45, 7) is 14.1. The second-order valence-corrected chi connectivity index (χ2v) is 6.09. The lowest BCUT2D eigenvalue weighted by molar-refractivity contribution is 0.236. The molecule has 0 heterocycles. The summed E-state index contributed by atoms with van der Waals surface area (Å²) in [5, 5.41) is 0. The third-order valence-corrected chi connectivity index (χ3v) is 3.59. The van der Waals surface area contributed by atoms with Gasteiger partial charge in [-0.2, -0.15) is 0 Å². The van der Waals surface area contributed by atoms with E-state index in [2.05, 4.69) is 41.5 Å². The van der Waals surface area contributed by atoms with Gasteiger partial charge in [0.25, 0.3) is 0 Å². The van der Waals surface area contributed by atoms with Crippen LogP contribution in [0.25, 0.3) is 0 Å². The maximum Gasteiger partial charge on any atom is -0.0357 e. The van der Waals surface area contributed by atoms with E-state index in [1.54, 1.807) is 0 Å². The Labute approximate surface area is 91.5 Å². The average Bonchev–Trinajstić information content (AvgIpc) is 2.02. The standard InChI is InChI=1S/C14H30/c1-7-9-12(2)10-8-11-13(3)14(4,5)6/h12-13H,7-11H2,1-6H3. The van der Waals surface area contributed by atoms with Crippen molar-refractivity contribution in [2.75, 3.05) is 0 Å². The lowest BCUT2D eigenvalue weighted by atomic mass is 9.79. The van der Waals surface area contributed by atoms with Crippen LogP contribution < -0.4 is 0 Å². The fourth-order valence-electron chi connectivity index (χ4n) is 1.84. The molecule has 0 aromatic heterocycles. The Kier molecular flexibility index (Phi) is 6.48. The van der Waals surface area contributed by atoms with Crippen LogP contribution in [0.4, 0.5) is 0 Å². The van der Waals surface area contributed by atoms with Gasteiger partial charge in [-0.25, -0.2) is 0 Å². The van der Waals surface area contributed by atoms with E-state index in [1.807, 2.05) is 0 Å². The summed E-state index contributed by atoms with van der Waals surface area (Å²) in [4.78, 5) is 0. The summed E-state index contributed by atoms with van der Waals surface area (Å²) >= 11 is 0. The molecule has 0 spiro atoms. The minimum absolute atomic E-state index is 0.494. The molecular formula is C14H30. The number of hydrogen-bond donors (Lipinski definition) is 0. The van der Waals surface area contributed by atoms with Gasteiger partial charge in [-0.1, -0.05) is 73.6 Å². The average molecular weight is 198 g/mol. The van der Waals surface area contributed by atoms with E-state index in [0.717, 1.165) is 11.8 Å². The van der Waals surface area contributed by atoms with E-state index in [0.29, 0.717) is 5.41 Å². The van der Waals surface area contributed by atoms with Gasteiger partial charge in [0.1, 0.15) is 0 Å². The van der Waals surface area contributed by atoms with Gasteiger partial charge in [0.2, 0.25) is 0 Å². The first-order valence-corrected chi connectivity index (χ1v) is 6.38. The van der Waals surface area contributed by atoms with Gasteiger partial charge >= 0.3 is 0 Å². The fourth-order valence-corrected chi connectivity index (χ4v) is 1.84. The maximum absolute atomic E-state index is 2.39. The van der Waals surface area contributed by atoms with Crippen LogP contribution in [0, 0.1) is 17.3 Å². The minimum Gasteiger partial charge on any atom is -0.0654 e. The molecule has 0 heteroatoms. The molecule has 2 unspecified atom stereocenters. The Bertz CT molecular complexity index is 129. The Hall–Kier alpha value is 0. The van der Waals surface area contributed by atoms with Crippen LogP contribution in [0.1, 0.15) is 73.6 Å². The molecule has 0 radical (unpaired) electrons. The van der Waals surface area contributed by atoms with Gasteiger partial charge in [0.15, 0.2) is 0 Å². The molecule has 0 saturated heterocycles. The van der Waals surface area contributed by atoms with Crippen LogP contribution in [-0.4, -0.2) is 0 Å². The van der Waals surface area contributed by atoms with Crippen LogP contribution in [-0.2, 0) is 0 Å². The monoisotopic (exact) mass is 198 g/mol. The smallest absolute Gasteiger partial charge is 0.0357 e. The van der Waals surface area contributed by atoms with E-state index in [4.69, 9.17) is 0 Å². The fraction of sp³-hybridized carbons (Fsp3) is 1.00. The highest BCUT2D eigenvalue weighted by Crippen LogP contribution is 2.30. The molecule has 0 N–H and O–H groups in total. The highest BCUT2D eigenvalue weighted by Gasteiger charge is 2.19. The van der Waals surface area contributed by atoms with Crippen LogP contribution >= 0.6 is 0 Å². The molecule has 0 aliphatic rings. The zero-order valence-corrected chi connectivity index (χ0v) is 11.2. The SMILES string of the molecule is CCCC(C)CCCC(C)C(C)(C)C. The predicted octanol–water partition coefficient (Wildman–Crippen LogP) is 5.28. The topological polar surface area (TPSA) is 0 Å². The molecular weight excluding hydrogens is 168 g/mol. The summed E-state index contributed by atoms with van der Waals surface area (Å²) in [7, 11) is 0. The molecule has 86 valence electrons. The molecule has 0 bridgehead atoms. The van der Waals surface area contributed by atoms with Crippen molar-refractivity contribution >= 4 is 0 Å². The minimum atomic E-state index is 0.494. The maximum atomic E-state index is 2.39. The van der Waals surface area contributed by atoms with Crippen LogP contribution in [0.2, 0.25) is 0 Å². The van der Waals surface area contributed by atoms with Crippen molar-refractivity contribution in [1.29, 1.82) is 0 Å². The lowest BCUT2D eigenvalue weighted by Crippen LogP contribution is -2.17. The van der Waals surface area contributed by atoms with Crippen molar-refractivity contribution in [3.63, 3.8) is 0 Å². The molecule has 0 aliphatic carbocycles. The number of rotatable bonds is 6. The van der Waals surface area contributed by atoms with Crippen molar-refractivity contribution in [2.45, 2.75) is 73.6 Å². The summed E-state index contributed by atoms with van der Waals surface area (Å²) in [6.07, 6.45) is 6.99. The van der Waals surface area contributed by atoms with Gasteiger partial charge in [-0.3, -0.25) is 0 Å². The van der Waals surface area contributed by atoms with E-state index < -0.39 is 0 Å². The van der Waals surface area contributed by atoms with Gasteiger partial charge in [0.05, 0.1) is 0 Å². The molecule has 0 fully saturated rings. The highest BCUT2D eigenvalue weighted by molar-refractivity contribution is 4.70. The summed E-state index contributed by atoms with van der Waals surface area (Å²) in [5.74, 6) is 1.79. The predicted molar refractivity (Wildman–Crippen MR) is 66.5 cm³/mol. The van der Waals surface area contributed by atoms with Gasteiger partial charge in [-0.15, -0.1) is 0 Å². The van der Waals surface area contributed by atoms with Crippen molar-refractivity contribution < 1.29 is 0 Å². The van der Waals surface area contributed by atoms with Gasteiger partial charge in [-0.05, 0) is 17.3 Å². The molecule has 0 nitrogen and oxygen atoms in total. The van der Waals surface area contributed by atoms with Crippen molar-refractivity contribution in [1.82, 2.24) is 0 Å². The molecule has 0 aromatic carbocycles. The molecule has 14 heavy (non-hydrogen) atoms. The summed E-state index contributed by atoms with van der Waals surface area (Å²) in [6, 6.07) is 0. The molecule has 0 saturated carbocycles. The third kappa shape index (κ3) is 6.45. The van der Waals surface area contributed by atoms with E-state index in [-0.39, 0.29) is 0 Å². The quantitative estimate of drug-likeness (QED) is 0.545. The van der Waals surface area contributed by atoms with Crippen molar-refractivity contribution in [3.8, 4) is 0 Å². The summed E-state index contributed by atoms with van der Waals surface area (Å²) in [5.41, 5.74) is 0.494. The van der Waals surface area contributed by atoms with Gasteiger partial charge < -0.3 is 0 Å². The molecule has 0 aliphatic heterocycles. The van der Waals surface area contributed by atoms with Crippen LogP contribution in [0.5, 0.6) is 0 Å². The Morgan fingerprint density at radius 1 is 0.929 bits per heavy atom. The molecule has 0 amide bonds. The van der Waals surface area contributed by atoms with E-state index in [9.17, 15) is 0 Å². The molecule has 0 rings (SSSR count). The second kappa shape index (κ2) is 6.48. The van der Waals surface area contributed by atoms with Gasteiger partial charge in [0, 0.05) is 0 Å². The number of hydrogen-bond acceptors (Lipinski definition) is 0. The van der Waals surface area contributed by atoms with Crippen LogP contribution in [0.15, 0.2) is 0 Å². The molecule has 2 atom stereocenters. The zero-order valence-electron chi connectivity index (χ0n) is 11.2. The first-order valence-electron chi connectivity index (χ1n) is 6.38. The Morgan fingerprint density at radius 2 is 1.50 bits per heavy atom. The summed E-state index contributed by atoms with van der Waals surface area (Å²) < 4.78 is 0. The van der Waals surface area contributed by atoms with Crippen molar-refractivity contribution in [3.05, 3.63) is 0 Å². The second-order valence-electron chi connectivity index (χ2n) is 6.09. The van der Waals surface area contributed by atoms with Crippen molar-refractivity contribution in [2.24, 2.45) is 17.3 Å². The van der Waals surface area contributed by atoms with E-state index >= 15 is 0 Å². The lowest BCUT2D eigenvalue weighted by Gasteiger charge is -2.27. The highest BCUT2D eigenvalue weighted by atomic mass is 14.2. The normalized spacial score (nSPS) is 16.7. The van der Waals surface area contributed by atoms with Crippen LogP contribution in [0.3, 0.4) is 0 Å². The zero-order chi connectivity index (χ0) is 11.2. The molecule has 0 aromatic rings.